The third kappa shape index (κ3) is 3.89. The van der Waals surface area contributed by atoms with Crippen LogP contribution in [-0.4, -0.2) is 68.3 Å². The molecule has 1 aliphatic heterocycles. The highest BCUT2D eigenvalue weighted by atomic mass is 16.5. The van der Waals surface area contributed by atoms with Gasteiger partial charge in [0.1, 0.15) is 12.1 Å². The Hall–Kier alpha value is -3.30. The van der Waals surface area contributed by atoms with Crippen LogP contribution in [0.25, 0.3) is 5.78 Å². The van der Waals surface area contributed by atoms with Gasteiger partial charge in [-0.05, 0) is 33.8 Å². The molecule has 0 aliphatic carbocycles. The lowest BCUT2D eigenvalue weighted by Crippen LogP contribution is -2.48. The fourth-order valence-electron chi connectivity index (χ4n) is 3.82. The highest BCUT2D eigenvalue weighted by molar-refractivity contribution is 5.76. The number of anilines is 2. The van der Waals surface area contributed by atoms with E-state index in [0.717, 1.165) is 60.6 Å². The number of hydrogen-bond acceptors (Lipinski definition) is 9. The largest absolute Gasteiger partial charge is 0.466 e. The Kier molecular flexibility index (Phi) is 5.47. The van der Waals surface area contributed by atoms with Crippen LogP contribution in [0.2, 0.25) is 0 Å². The summed E-state index contributed by atoms with van der Waals surface area (Å²) in [5.74, 6) is 1.86. The van der Waals surface area contributed by atoms with Gasteiger partial charge < -0.3 is 14.5 Å². The fourth-order valence-corrected chi connectivity index (χ4v) is 3.82. The summed E-state index contributed by atoms with van der Waals surface area (Å²) in [6.07, 6.45) is 1.64. The number of esters is 1. The monoisotopic (exact) mass is 410 g/mol. The van der Waals surface area contributed by atoms with Gasteiger partial charge in [0, 0.05) is 48.8 Å². The smallest absolute Gasteiger partial charge is 0.310 e. The van der Waals surface area contributed by atoms with Crippen LogP contribution in [0, 0.1) is 20.8 Å². The quantitative estimate of drug-likeness (QED) is 0.575. The van der Waals surface area contributed by atoms with E-state index in [1.807, 2.05) is 26.8 Å². The van der Waals surface area contributed by atoms with E-state index in [1.165, 1.54) is 6.33 Å². The second kappa shape index (κ2) is 8.21. The van der Waals surface area contributed by atoms with Gasteiger partial charge in [0.2, 0.25) is 5.95 Å². The zero-order valence-electron chi connectivity index (χ0n) is 17.8. The topological polar surface area (TPSA) is 102 Å². The first kappa shape index (κ1) is 20.0. The number of carbonyl (C=O) groups is 1. The molecule has 0 aromatic carbocycles. The number of fused-ring (bicyclic) bond motifs is 1. The third-order valence-electron chi connectivity index (χ3n) is 5.16. The van der Waals surface area contributed by atoms with Crippen molar-refractivity contribution in [2.24, 2.45) is 0 Å². The molecule has 1 fully saturated rings. The highest BCUT2D eigenvalue weighted by Crippen LogP contribution is 2.26. The molecule has 1 saturated heterocycles. The zero-order chi connectivity index (χ0) is 21.3. The number of ether oxygens (including phenoxy) is 1. The van der Waals surface area contributed by atoms with Crippen molar-refractivity contribution >= 4 is 23.5 Å². The molecule has 3 aromatic heterocycles. The summed E-state index contributed by atoms with van der Waals surface area (Å²) in [4.78, 5) is 34.6. The molecule has 4 rings (SSSR count). The molecule has 4 heterocycles. The van der Waals surface area contributed by atoms with E-state index in [4.69, 9.17) is 4.74 Å². The van der Waals surface area contributed by atoms with E-state index in [9.17, 15) is 4.79 Å². The van der Waals surface area contributed by atoms with Crippen molar-refractivity contribution in [3.05, 3.63) is 35.0 Å². The molecular weight excluding hydrogens is 384 g/mol. The molecule has 0 spiro atoms. The number of aromatic nitrogens is 6. The van der Waals surface area contributed by atoms with Crippen molar-refractivity contribution in [2.75, 3.05) is 42.6 Å². The van der Waals surface area contributed by atoms with Crippen molar-refractivity contribution in [2.45, 2.75) is 34.1 Å². The number of carbonyl (C=O) groups excluding carboxylic acids is 1. The Balaban J connectivity index is 1.63. The lowest BCUT2D eigenvalue weighted by Gasteiger charge is -2.37. The molecule has 0 atom stereocenters. The molecule has 0 N–H and O–H groups in total. The Labute approximate surface area is 174 Å². The van der Waals surface area contributed by atoms with Crippen LogP contribution in [0.15, 0.2) is 12.4 Å². The Bertz CT molecular complexity index is 1050. The Morgan fingerprint density at radius 2 is 1.70 bits per heavy atom. The summed E-state index contributed by atoms with van der Waals surface area (Å²) in [6.45, 7) is 11.0. The van der Waals surface area contributed by atoms with E-state index in [1.54, 1.807) is 11.4 Å². The lowest BCUT2D eigenvalue weighted by molar-refractivity contribution is -0.142. The van der Waals surface area contributed by atoms with Gasteiger partial charge in [0.25, 0.3) is 5.78 Å². The highest BCUT2D eigenvalue weighted by Gasteiger charge is 2.26. The fraction of sp³-hybridized carbons (Fsp3) is 0.500. The van der Waals surface area contributed by atoms with Crippen LogP contribution < -0.4 is 9.80 Å². The van der Waals surface area contributed by atoms with Gasteiger partial charge in [-0.15, -0.1) is 0 Å². The molecule has 0 amide bonds. The average molecular weight is 410 g/mol. The van der Waals surface area contributed by atoms with E-state index in [2.05, 4.69) is 34.8 Å². The molecular formula is C20H26N8O2. The molecule has 0 unspecified atom stereocenters. The van der Waals surface area contributed by atoms with Crippen LogP contribution >= 0.6 is 0 Å². The molecule has 1 aliphatic rings. The first-order chi connectivity index (χ1) is 14.5. The molecule has 10 nitrogen and oxygen atoms in total. The van der Waals surface area contributed by atoms with Crippen molar-refractivity contribution in [1.82, 2.24) is 29.5 Å². The zero-order valence-corrected chi connectivity index (χ0v) is 17.8. The van der Waals surface area contributed by atoms with Gasteiger partial charge in [-0.1, -0.05) is 0 Å². The maximum Gasteiger partial charge on any atom is 0.310 e. The first-order valence-electron chi connectivity index (χ1n) is 10.1. The Morgan fingerprint density at radius 3 is 2.37 bits per heavy atom. The summed E-state index contributed by atoms with van der Waals surface area (Å²) in [6, 6.07) is 1.97. The van der Waals surface area contributed by atoms with Crippen LogP contribution in [-0.2, 0) is 16.0 Å². The van der Waals surface area contributed by atoms with Crippen molar-refractivity contribution in [3.63, 3.8) is 0 Å². The van der Waals surface area contributed by atoms with E-state index in [-0.39, 0.29) is 12.4 Å². The van der Waals surface area contributed by atoms with Crippen molar-refractivity contribution in [1.29, 1.82) is 0 Å². The number of nitrogens with zero attached hydrogens (tertiary/aromatic N) is 8. The minimum Gasteiger partial charge on any atom is -0.466 e. The maximum absolute atomic E-state index is 12.2. The van der Waals surface area contributed by atoms with E-state index in [0.29, 0.717) is 12.4 Å². The summed E-state index contributed by atoms with van der Waals surface area (Å²) >= 11 is 0. The normalized spacial score (nSPS) is 14.4. The maximum atomic E-state index is 12.2. The van der Waals surface area contributed by atoms with Gasteiger partial charge in [-0.3, -0.25) is 4.79 Å². The molecule has 10 heteroatoms. The van der Waals surface area contributed by atoms with Crippen LogP contribution in [0.1, 0.15) is 29.6 Å². The van der Waals surface area contributed by atoms with Gasteiger partial charge in [0.05, 0.1) is 13.0 Å². The number of aryl methyl sites for hydroxylation is 3. The predicted molar refractivity (Wildman–Crippen MR) is 112 cm³/mol. The van der Waals surface area contributed by atoms with Crippen LogP contribution in [0.5, 0.6) is 0 Å². The van der Waals surface area contributed by atoms with Gasteiger partial charge >= 0.3 is 5.97 Å². The Morgan fingerprint density at radius 1 is 1.03 bits per heavy atom. The number of hydrogen-bond donors (Lipinski definition) is 0. The summed E-state index contributed by atoms with van der Waals surface area (Å²) < 4.78 is 6.89. The minimum absolute atomic E-state index is 0.151. The number of piperazine rings is 1. The minimum atomic E-state index is -0.273. The summed E-state index contributed by atoms with van der Waals surface area (Å²) in [7, 11) is 0. The lowest BCUT2D eigenvalue weighted by atomic mass is 10.1. The average Bonchev–Trinajstić information content (AvgIpc) is 3.16. The molecule has 3 aromatic rings. The van der Waals surface area contributed by atoms with Crippen LogP contribution in [0.4, 0.5) is 11.8 Å². The third-order valence-corrected chi connectivity index (χ3v) is 5.16. The van der Waals surface area contributed by atoms with Gasteiger partial charge in [-0.2, -0.15) is 14.6 Å². The summed E-state index contributed by atoms with van der Waals surface area (Å²) in [5.41, 5.74) is 3.51. The van der Waals surface area contributed by atoms with Gasteiger partial charge in [-0.25, -0.2) is 15.0 Å². The van der Waals surface area contributed by atoms with Gasteiger partial charge in [0.15, 0.2) is 0 Å². The SMILES string of the molecule is CCOC(=O)Cc1c(C)nc2ncnn2c1N1CCN(c2nc(C)cc(C)n2)CC1. The second-order valence-corrected chi connectivity index (χ2v) is 7.38. The molecule has 30 heavy (non-hydrogen) atoms. The molecule has 158 valence electrons. The van der Waals surface area contributed by atoms with E-state index < -0.39 is 0 Å². The molecule has 0 saturated carbocycles. The molecule has 0 bridgehead atoms. The first-order valence-corrected chi connectivity index (χ1v) is 10.1. The van der Waals surface area contributed by atoms with Crippen molar-refractivity contribution in [3.8, 4) is 0 Å². The summed E-state index contributed by atoms with van der Waals surface area (Å²) in [5, 5.41) is 4.36. The van der Waals surface area contributed by atoms with E-state index >= 15 is 0 Å². The second-order valence-electron chi connectivity index (χ2n) is 7.38. The van der Waals surface area contributed by atoms with Crippen molar-refractivity contribution < 1.29 is 9.53 Å². The molecule has 0 radical (unpaired) electrons. The standard InChI is InChI=1S/C20H26N8O2/c1-5-30-17(29)11-16-15(4)25-19-21-12-22-28(19)18(16)26-6-8-27(9-7-26)20-23-13(2)10-14(3)24-20/h10,12H,5-9,11H2,1-4H3. The number of rotatable bonds is 5. The predicted octanol–water partition coefficient (Wildman–Crippen LogP) is 1.27. The van der Waals surface area contributed by atoms with Crippen LogP contribution in [0.3, 0.4) is 0 Å².